The van der Waals surface area contributed by atoms with Gasteiger partial charge in [0, 0.05) is 38.4 Å². The fourth-order valence-electron chi connectivity index (χ4n) is 3.44. The molecule has 20 heavy (non-hydrogen) atoms. The number of aromatic nitrogens is 1. The van der Waals surface area contributed by atoms with Gasteiger partial charge in [0.1, 0.15) is 10.7 Å². The van der Waals surface area contributed by atoms with E-state index in [-0.39, 0.29) is 0 Å². The average molecular weight is 290 g/mol. The average Bonchev–Trinajstić information content (AvgIpc) is 3.02. The molecule has 2 N–H and O–H groups in total. The highest BCUT2D eigenvalue weighted by molar-refractivity contribution is 7.80. The topological polar surface area (TPSA) is 45.4 Å². The number of rotatable bonds is 3. The lowest BCUT2D eigenvalue weighted by Gasteiger charge is -2.39. The van der Waals surface area contributed by atoms with Crippen molar-refractivity contribution in [2.45, 2.75) is 31.7 Å². The first kappa shape index (κ1) is 13.8. The third kappa shape index (κ3) is 2.79. The fraction of sp³-hybridized carbons (Fsp3) is 0.600. The summed E-state index contributed by atoms with van der Waals surface area (Å²) in [6, 6.07) is 4.86. The van der Waals surface area contributed by atoms with E-state index >= 15 is 0 Å². The predicted molar refractivity (Wildman–Crippen MR) is 86.2 cm³/mol. The van der Waals surface area contributed by atoms with Gasteiger partial charge in [-0.15, -0.1) is 0 Å². The Labute approximate surface area is 126 Å². The van der Waals surface area contributed by atoms with Crippen LogP contribution >= 0.6 is 12.2 Å². The number of piperazine rings is 1. The molecule has 0 amide bonds. The number of nitrogens with zero attached hydrogens (tertiary/aromatic N) is 3. The van der Waals surface area contributed by atoms with Gasteiger partial charge in [-0.2, -0.15) is 0 Å². The Hall–Kier alpha value is -1.20. The summed E-state index contributed by atoms with van der Waals surface area (Å²) in [6.45, 7) is 4.35. The van der Waals surface area contributed by atoms with Crippen molar-refractivity contribution in [3.8, 4) is 0 Å². The number of pyridine rings is 1. The summed E-state index contributed by atoms with van der Waals surface area (Å²) in [7, 11) is 0. The van der Waals surface area contributed by atoms with Crippen LogP contribution in [-0.4, -0.2) is 47.1 Å². The van der Waals surface area contributed by atoms with E-state index in [1.54, 1.807) is 6.20 Å². The van der Waals surface area contributed by atoms with E-state index in [0.717, 1.165) is 43.6 Å². The molecule has 0 aromatic carbocycles. The van der Waals surface area contributed by atoms with Gasteiger partial charge < -0.3 is 10.6 Å². The summed E-state index contributed by atoms with van der Waals surface area (Å²) in [5.74, 6) is 0. The molecule has 2 aliphatic rings. The van der Waals surface area contributed by atoms with Crippen molar-refractivity contribution in [1.29, 1.82) is 0 Å². The first-order valence-electron chi connectivity index (χ1n) is 7.49. The number of thiocarbonyl (C=S) groups is 1. The van der Waals surface area contributed by atoms with E-state index in [1.807, 2.05) is 6.07 Å². The van der Waals surface area contributed by atoms with Gasteiger partial charge in [0.05, 0.1) is 5.69 Å². The van der Waals surface area contributed by atoms with E-state index < -0.39 is 0 Å². The van der Waals surface area contributed by atoms with Gasteiger partial charge in [-0.1, -0.05) is 25.1 Å². The fourth-order valence-corrected chi connectivity index (χ4v) is 3.60. The maximum absolute atomic E-state index is 5.78. The zero-order valence-electron chi connectivity index (χ0n) is 11.8. The minimum Gasteiger partial charge on any atom is -0.388 e. The van der Waals surface area contributed by atoms with E-state index in [2.05, 4.69) is 20.9 Å². The molecular formula is C15H22N4S. The Morgan fingerprint density at radius 1 is 1.20 bits per heavy atom. The second kappa shape index (κ2) is 6.06. The lowest BCUT2D eigenvalue weighted by Crippen LogP contribution is -2.50. The van der Waals surface area contributed by atoms with Crippen LogP contribution in [0.25, 0.3) is 0 Å². The van der Waals surface area contributed by atoms with Crippen LogP contribution in [0.15, 0.2) is 18.3 Å². The molecule has 108 valence electrons. The summed E-state index contributed by atoms with van der Waals surface area (Å²) >= 11 is 5.11. The first-order chi connectivity index (χ1) is 9.75. The molecule has 2 heterocycles. The van der Waals surface area contributed by atoms with Crippen molar-refractivity contribution >= 4 is 22.9 Å². The van der Waals surface area contributed by atoms with E-state index in [4.69, 9.17) is 18.0 Å². The van der Waals surface area contributed by atoms with Crippen LogP contribution < -0.4 is 10.6 Å². The highest BCUT2D eigenvalue weighted by Crippen LogP contribution is 2.26. The summed E-state index contributed by atoms with van der Waals surface area (Å²) in [6.07, 6.45) is 7.32. The van der Waals surface area contributed by atoms with E-state index in [0.29, 0.717) is 4.99 Å². The molecule has 5 heteroatoms. The minimum absolute atomic E-state index is 0.388. The molecule has 0 atom stereocenters. The lowest BCUT2D eigenvalue weighted by molar-refractivity contribution is 0.187. The van der Waals surface area contributed by atoms with Gasteiger partial charge in [0.25, 0.3) is 0 Å². The second-order valence-corrected chi connectivity index (χ2v) is 6.14. The monoisotopic (exact) mass is 290 g/mol. The van der Waals surface area contributed by atoms with Crippen LogP contribution in [0.4, 0.5) is 5.69 Å². The molecule has 0 radical (unpaired) electrons. The quantitative estimate of drug-likeness (QED) is 0.860. The SMILES string of the molecule is NC(=S)c1ncccc1N1CCN(C2CCCC2)CC1. The number of nitrogens with two attached hydrogens (primary N) is 1. The van der Waals surface area contributed by atoms with Gasteiger partial charge in [0.2, 0.25) is 0 Å². The van der Waals surface area contributed by atoms with Gasteiger partial charge >= 0.3 is 0 Å². The van der Waals surface area contributed by atoms with Crippen molar-refractivity contribution in [3.05, 3.63) is 24.0 Å². The van der Waals surface area contributed by atoms with Crippen LogP contribution in [0.1, 0.15) is 31.4 Å². The molecule has 1 aliphatic carbocycles. The summed E-state index contributed by atoms with van der Waals surface area (Å²) in [4.78, 5) is 9.74. The Kier molecular flexibility index (Phi) is 4.17. The molecule has 0 bridgehead atoms. The van der Waals surface area contributed by atoms with E-state index in [9.17, 15) is 0 Å². The smallest absolute Gasteiger partial charge is 0.124 e. The lowest BCUT2D eigenvalue weighted by atomic mass is 10.1. The number of hydrogen-bond acceptors (Lipinski definition) is 4. The molecular weight excluding hydrogens is 268 g/mol. The van der Waals surface area contributed by atoms with Crippen molar-refractivity contribution in [2.24, 2.45) is 5.73 Å². The van der Waals surface area contributed by atoms with Crippen LogP contribution in [0.5, 0.6) is 0 Å². The third-order valence-corrected chi connectivity index (χ3v) is 4.71. The first-order valence-corrected chi connectivity index (χ1v) is 7.90. The van der Waals surface area contributed by atoms with Crippen LogP contribution in [0.2, 0.25) is 0 Å². The highest BCUT2D eigenvalue weighted by Gasteiger charge is 2.27. The zero-order valence-corrected chi connectivity index (χ0v) is 12.6. The van der Waals surface area contributed by atoms with Crippen molar-refractivity contribution in [1.82, 2.24) is 9.88 Å². The number of hydrogen-bond donors (Lipinski definition) is 1. The standard InChI is InChI=1S/C15H22N4S/c16-15(20)14-13(6-3-7-17-14)19-10-8-18(9-11-19)12-4-1-2-5-12/h3,6-7,12H,1-2,4-5,8-11H2,(H2,16,20). The van der Waals surface area contributed by atoms with Gasteiger partial charge in [-0.3, -0.25) is 9.88 Å². The molecule has 2 fully saturated rings. The molecule has 0 spiro atoms. The van der Waals surface area contributed by atoms with Gasteiger partial charge in [-0.25, -0.2) is 0 Å². The Bertz CT molecular complexity index is 477. The maximum Gasteiger partial charge on any atom is 0.124 e. The van der Waals surface area contributed by atoms with Crippen molar-refractivity contribution in [3.63, 3.8) is 0 Å². The Balaban J connectivity index is 1.67. The van der Waals surface area contributed by atoms with Crippen LogP contribution in [0, 0.1) is 0 Å². The Morgan fingerprint density at radius 3 is 2.55 bits per heavy atom. The molecule has 4 nitrogen and oxygen atoms in total. The van der Waals surface area contributed by atoms with E-state index in [1.165, 1.54) is 25.7 Å². The van der Waals surface area contributed by atoms with Gasteiger partial charge in [0.15, 0.2) is 0 Å². The minimum atomic E-state index is 0.388. The molecule has 1 saturated carbocycles. The third-order valence-electron chi connectivity index (χ3n) is 4.52. The predicted octanol–water partition coefficient (Wildman–Crippen LogP) is 1.78. The summed E-state index contributed by atoms with van der Waals surface area (Å²) < 4.78 is 0. The molecule has 1 aliphatic heterocycles. The molecule has 1 aromatic rings. The van der Waals surface area contributed by atoms with Gasteiger partial charge in [-0.05, 0) is 25.0 Å². The largest absolute Gasteiger partial charge is 0.388 e. The molecule has 1 saturated heterocycles. The summed E-state index contributed by atoms with van der Waals surface area (Å²) in [5, 5.41) is 0. The molecule has 3 rings (SSSR count). The molecule has 0 unspecified atom stereocenters. The van der Waals surface area contributed by atoms with Crippen LogP contribution in [0.3, 0.4) is 0 Å². The van der Waals surface area contributed by atoms with Crippen molar-refractivity contribution < 1.29 is 0 Å². The summed E-state index contributed by atoms with van der Waals surface area (Å²) in [5.41, 5.74) is 7.63. The van der Waals surface area contributed by atoms with Crippen LogP contribution in [-0.2, 0) is 0 Å². The normalized spacial score (nSPS) is 21.3. The zero-order chi connectivity index (χ0) is 13.9. The highest BCUT2D eigenvalue weighted by atomic mass is 32.1. The molecule has 1 aromatic heterocycles. The van der Waals surface area contributed by atoms with Crippen molar-refractivity contribution in [2.75, 3.05) is 31.1 Å². The Morgan fingerprint density at radius 2 is 1.90 bits per heavy atom. The maximum atomic E-state index is 5.78. The second-order valence-electron chi connectivity index (χ2n) is 5.70. The number of anilines is 1.